The molecule has 1 aliphatic rings. The van der Waals surface area contributed by atoms with Crippen LogP contribution in [0.1, 0.15) is 0 Å². The molecule has 18 heteroatoms. The highest BCUT2D eigenvalue weighted by Crippen LogP contribution is 2.45. The number of fused-ring (bicyclic) bond motifs is 1. The Hall–Kier alpha value is -2.61. The number of aromatic nitrogens is 3. The summed E-state index contributed by atoms with van der Waals surface area (Å²) >= 11 is 11.3. The third-order valence-corrected chi connectivity index (χ3v) is 7.99. The summed E-state index contributed by atoms with van der Waals surface area (Å²) in [6.45, 7) is 0. The molecule has 0 saturated carbocycles. The molecule has 0 atom stereocenters. The average molecular weight is 685 g/mol. The molecule has 0 radical (unpaired) electrons. The molecule has 3 aromatic rings. The number of anilines is 2. The minimum absolute atomic E-state index is 0.179. The quantitative estimate of drug-likeness (QED) is 0.161. The second kappa shape index (κ2) is 10.0. The molecule has 0 unspecified atom stereocenters. The minimum atomic E-state index is -4.99. The van der Waals surface area contributed by atoms with Gasteiger partial charge in [0, 0.05) is 5.39 Å². The van der Waals surface area contributed by atoms with Crippen LogP contribution in [0, 0.1) is 0 Å². The standard InChI is InChI=1S/C18H11Cl2IN6O7S2/c19-16-23-17(20)25-18(24-16)22-11-7-10(35(29,30)31)5-8-6-12(36(32,33)34)14(15(28)13(8)11)27-26-9-1-3-21-4-2-9/h1-7,28H,(H,29,30,31)(H,32,33,34)(H,22,23,24,25). The zero-order chi connectivity index (χ0) is 26.3. The molecule has 1 aromatic heterocycles. The van der Waals surface area contributed by atoms with Crippen LogP contribution in [0.15, 0.2) is 60.2 Å². The summed E-state index contributed by atoms with van der Waals surface area (Å²) in [5, 5.41) is 20.4. The summed E-state index contributed by atoms with van der Waals surface area (Å²) in [5.41, 5.74) is -0.491. The van der Waals surface area contributed by atoms with Crippen molar-refractivity contribution in [1.82, 2.24) is 15.0 Å². The molecule has 4 N–H and O–H groups in total. The van der Waals surface area contributed by atoms with Gasteiger partial charge in [-0.25, -0.2) is 0 Å². The monoisotopic (exact) mass is 684 g/mol. The van der Waals surface area contributed by atoms with Crippen LogP contribution in [-0.2, 0) is 20.2 Å². The van der Waals surface area contributed by atoms with Gasteiger partial charge in [0.1, 0.15) is 10.6 Å². The highest BCUT2D eigenvalue weighted by atomic mass is 127. The lowest BCUT2D eigenvalue weighted by Crippen LogP contribution is -2.05. The summed E-state index contributed by atoms with van der Waals surface area (Å²) < 4.78 is 71.1. The lowest BCUT2D eigenvalue weighted by Gasteiger charge is -2.15. The fourth-order valence-electron chi connectivity index (χ4n) is 2.98. The first-order valence-corrected chi connectivity index (χ1v) is 15.3. The van der Waals surface area contributed by atoms with Crippen LogP contribution in [0.3, 0.4) is 0 Å². The van der Waals surface area contributed by atoms with Crippen molar-refractivity contribution in [2.24, 2.45) is 10.2 Å². The molecule has 36 heavy (non-hydrogen) atoms. The molecular formula is C18H11Cl2IN6O7S2. The Morgan fingerprint density at radius 3 is 2.22 bits per heavy atom. The second-order valence-electron chi connectivity index (χ2n) is 6.75. The average Bonchev–Trinajstić information content (AvgIpc) is 2.76. The third kappa shape index (κ3) is 5.85. The van der Waals surface area contributed by atoms with Crippen LogP contribution in [0.4, 0.5) is 17.3 Å². The van der Waals surface area contributed by atoms with Crippen LogP contribution in [0.5, 0.6) is 5.75 Å². The lowest BCUT2D eigenvalue weighted by atomic mass is 10.1. The number of phenols is 1. The molecule has 1 aliphatic heterocycles. The number of azo groups is 1. The molecular weight excluding hydrogens is 674 g/mol. The first-order valence-electron chi connectivity index (χ1n) is 9.19. The highest BCUT2D eigenvalue weighted by Gasteiger charge is 2.26. The van der Waals surface area contributed by atoms with Gasteiger partial charge in [-0.1, -0.05) is 20.7 Å². The third-order valence-electron chi connectivity index (χ3n) is 4.40. The second-order valence-corrected chi connectivity index (χ2v) is 12.4. The number of phenolic OH excluding ortho intramolecular Hbond substituents is 1. The molecule has 4 rings (SSSR count). The van der Waals surface area contributed by atoms with Gasteiger partial charge in [-0.15, -0.1) is 5.11 Å². The first kappa shape index (κ1) is 26.5. The predicted molar refractivity (Wildman–Crippen MR) is 140 cm³/mol. The Kier molecular flexibility index (Phi) is 7.37. The summed E-state index contributed by atoms with van der Waals surface area (Å²) in [4.78, 5) is 9.63. The van der Waals surface area contributed by atoms with Crippen molar-refractivity contribution >= 4 is 96.3 Å². The maximum atomic E-state index is 12.1. The van der Waals surface area contributed by atoms with Crippen molar-refractivity contribution < 1.29 is 31.0 Å². The van der Waals surface area contributed by atoms with Crippen LogP contribution >= 0.6 is 43.9 Å². The Morgan fingerprint density at radius 2 is 1.64 bits per heavy atom. The molecule has 13 nitrogen and oxygen atoms in total. The van der Waals surface area contributed by atoms with Crippen molar-refractivity contribution in [3.05, 3.63) is 50.7 Å². The summed E-state index contributed by atoms with van der Waals surface area (Å²) in [6.07, 6.45) is 3.31. The molecule has 188 valence electrons. The van der Waals surface area contributed by atoms with Gasteiger partial charge in [-0.3, -0.25) is 9.11 Å². The lowest BCUT2D eigenvalue weighted by molar-refractivity contribution is 0.472. The van der Waals surface area contributed by atoms with Crippen molar-refractivity contribution in [2.45, 2.75) is 9.79 Å². The zero-order valence-corrected chi connectivity index (χ0v) is 22.5. The van der Waals surface area contributed by atoms with Crippen molar-refractivity contribution in [3.63, 3.8) is 0 Å². The Bertz CT molecular complexity index is 1740. The fraction of sp³-hybridized carbons (Fsp3) is 0. The molecule has 2 heterocycles. The molecule has 2 aromatic carbocycles. The summed E-state index contributed by atoms with van der Waals surface area (Å²) in [7, 11) is -9.80. The smallest absolute Gasteiger partial charge is 0.296 e. The predicted octanol–water partition coefficient (Wildman–Crippen LogP) is 4.54. The number of aromatic hydroxyl groups is 1. The SMILES string of the molecule is O=S(=O)(O)c1cc(Nc2nc(Cl)nc(Cl)n2)c2c(O)c(N=NC3=CC=IC=C3)c(S(=O)(=O)O)cc2c1. The van der Waals surface area contributed by atoms with E-state index in [0.717, 1.165) is 18.2 Å². The molecule has 0 spiro atoms. The highest BCUT2D eigenvalue weighted by molar-refractivity contribution is 14.2. The van der Waals surface area contributed by atoms with E-state index in [1.54, 1.807) is 12.2 Å². The normalized spacial score (nSPS) is 14.2. The molecule has 0 aliphatic carbocycles. The van der Waals surface area contributed by atoms with Gasteiger partial charge in [-0.2, -0.15) is 36.9 Å². The number of allylic oxidation sites excluding steroid dienone is 2. The Morgan fingerprint density at radius 1 is 0.944 bits per heavy atom. The van der Waals surface area contributed by atoms with E-state index in [-0.39, 0.29) is 53.7 Å². The van der Waals surface area contributed by atoms with E-state index >= 15 is 0 Å². The van der Waals surface area contributed by atoms with E-state index < -0.39 is 41.5 Å². The van der Waals surface area contributed by atoms with E-state index in [1.165, 1.54) is 0 Å². The number of nitrogens with zero attached hydrogens (tertiary/aromatic N) is 5. The van der Waals surface area contributed by atoms with Gasteiger partial charge in [-0.05, 0) is 67.0 Å². The maximum Gasteiger partial charge on any atom is 0.296 e. The number of hydrogen-bond donors (Lipinski definition) is 4. The topological polar surface area (TPSA) is 204 Å². The largest absolute Gasteiger partial charge is 0.505 e. The van der Waals surface area contributed by atoms with Crippen LogP contribution in [0.25, 0.3) is 10.8 Å². The molecule has 0 bridgehead atoms. The summed E-state index contributed by atoms with van der Waals surface area (Å²) in [5.74, 6) is -1.07. The fourth-order valence-corrected chi connectivity index (χ4v) is 5.93. The number of halogens is 3. The van der Waals surface area contributed by atoms with E-state index in [1.807, 2.05) is 8.09 Å². The molecule has 0 fully saturated rings. The van der Waals surface area contributed by atoms with E-state index in [4.69, 9.17) is 23.2 Å². The van der Waals surface area contributed by atoms with Gasteiger partial charge in [0.2, 0.25) is 16.5 Å². The van der Waals surface area contributed by atoms with E-state index in [0.29, 0.717) is 5.70 Å². The van der Waals surface area contributed by atoms with Gasteiger partial charge in [0.05, 0.1) is 16.3 Å². The maximum absolute atomic E-state index is 12.1. The van der Waals surface area contributed by atoms with Crippen LogP contribution in [0.2, 0.25) is 10.6 Å². The van der Waals surface area contributed by atoms with Crippen LogP contribution in [-0.4, -0.2) is 50.0 Å². The van der Waals surface area contributed by atoms with Crippen molar-refractivity contribution in [2.75, 3.05) is 5.32 Å². The Labute approximate surface area is 222 Å². The number of hydrogen-bond acceptors (Lipinski definition) is 11. The first-order chi connectivity index (χ1) is 16.8. The zero-order valence-electron chi connectivity index (χ0n) is 17.2. The van der Waals surface area contributed by atoms with Gasteiger partial charge in [0.15, 0.2) is 5.75 Å². The van der Waals surface area contributed by atoms with Gasteiger partial charge in [0.25, 0.3) is 20.2 Å². The van der Waals surface area contributed by atoms with Gasteiger partial charge >= 0.3 is 0 Å². The number of nitrogens with one attached hydrogen (secondary N) is 1. The molecule has 0 amide bonds. The van der Waals surface area contributed by atoms with Crippen molar-refractivity contribution in [1.29, 1.82) is 0 Å². The number of benzene rings is 2. The van der Waals surface area contributed by atoms with E-state index in [2.05, 4.69) is 30.5 Å². The van der Waals surface area contributed by atoms with Crippen molar-refractivity contribution in [3.8, 4) is 5.75 Å². The van der Waals surface area contributed by atoms with E-state index in [9.17, 15) is 31.0 Å². The summed E-state index contributed by atoms with van der Waals surface area (Å²) in [6, 6.07) is 2.65. The number of rotatable bonds is 6. The van der Waals surface area contributed by atoms with Gasteiger partial charge < -0.3 is 10.4 Å². The molecule has 0 saturated heterocycles. The van der Waals surface area contributed by atoms with Crippen LogP contribution < -0.4 is 5.32 Å². The Balaban J connectivity index is 2.04. The minimum Gasteiger partial charge on any atom is -0.505 e.